The van der Waals surface area contributed by atoms with E-state index in [9.17, 15) is 18.0 Å². The van der Waals surface area contributed by atoms with Gasteiger partial charge in [-0.1, -0.05) is 40.2 Å². The lowest BCUT2D eigenvalue weighted by Gasteiger charge is -2.23. The van der Waals surface area contributed by atoms with Crippen LogP contribution in [0.5, 0.6) is 0 Å². The molecule has 1 saturated heterocycles. The van der Waals surface area contributed by atoms with Gasteiger partial charge in [0, 0.05) is 23.1 Å². The molecule has 166 valence electrons. The molecule has 3 aromatic carbocycles. The van der Waals surface area contributed by atoms with Crippen LogP contribution in [0, 0.1) is 0 Å². The first-order chi connectivity index (χ1) is 15.2. The Kier molecular flexibility index (Phi) is 6.39. The van der Waals surface area contributed by atoms with Crippen LogP contribution < -0.4 is 15.5 Å². The molecule has 0 saturated carbocycles. The topological polar surface area (TPSA) is 44.4 Å². The summed E-state index contributed by atoms with van der Waals surface area (Å²) in [7, 11) is 0. The largest absolute Gasteiger partial charge is 0.416 e. The number of anilines is 2. The highest BCUT2D eigenvalue weighted by Crippen LogP contribution is 2.36. The molecule has 0 aromatic heterocycles. The number of fused-ring (bicyclic) bond motifs is 1. The standard InChI is InChI=1S/C23H19BrF3N3OS/c24-18-8-4-5-15-16(18)6-3-7-17(15)21(31)29-22(32)28-19-13-14(23(25,26)27)9-10-20(19)30-11-1-2-12-30/h3-10,13H,1-2,11-12H2,(H2,28,29,31,32). The monoisotopic (exact) mass is 521 g/mol. The lowest BCUT2D eigenvalue weighted by Crippen LogP contribution is -2.35. The van der Waals surface area contributed by atoms with Crippen molar-refractivity contribution in [2.45, 2.75) is 19.0 Å². The van der Waals surface area contributed by atoms with Crippen molar-refractivity contribution in [1.82, 2.24) is 5.32 Å². The number of nitrogens with one attached hydrogen (secondary N) is 2. The Labute approximate surface area is 196 Å². The maximum absolute atomic E-state index is 13.3. The van der Waals surface area contributed by atoms with Crippen LogP contribution in [0.15, 0.2) is 59.1 Å². The molecule has 4 nitrogen and oxygen atoms in total. The van der Waals surface area contributed by atoms with E-state index in [2.05, 4.69) is 26.6 Å². The highest BCUT2D eigenvalue weighted by atomic mass is 79.9. The van der Waals surface area contributed by atoms with Crippen molar-refractivity contribution < 1.29 is 18.0 Å². The molecule has 32 heavy (non-hydrogen) atoms. The average molecular weight is 522 g/mol. The Bertz CT molecular complexity index is 1190. The Balaban J connectivity index is 1.59. The van der Waals surface area contributed by atoms with Gasteiger partial charge in [-0.3, -0.25) is 10.1 Å². The molecule has 1 aliphatic heterocycles. The minimum absolute atomic E-state index is 0.0678. The fourth-order valence-electron chi connectivity index (χ4n) is 3.84. The summed E-state index contributed by atoms with van der Waals surface area (Å²) in [5, 5.41) is 6.94. The van der Waals surface area contributed by atoms with E-state index in [-0.39, 0.29) is 10.8 Å². The first-order valence-corrected chi connectivity index (χ1v) is 11.2. The highest BCUT2D eigenvalue weighted by molar-refractivity contribution is 9.10. The van der Waals surface area contributed by atoms with E-state index in [0.717, 1.165) is 53.3 Å². The molecule has 0 aliphatic carbocycles. The third kappa shape index (κ3) is 4.73. The van der Waals surface area contributed by atoms with E-state index >= 15 is 0 Å². The lowest BCUT2D eigenvalue weighted by atomic mass is 10.0. The van der Waals surface area contributed by atoms with Crippen LogP contribution in [0.4, 0.5) is 24.5 Å². The molecule has 1 amide bonds. The van der Waals surface area contributed by atoms with Gasteiger partial charge in [0.2, 0.25) is 0 Å². The van der Waals surface area contributed by atoms with Gasteiger partial charge in [0.05, 0.1) is 16.9 Å². The van der Waals surface area contributed by atoms with Crippen molar-refractivity contribution in [1.29, 1.82) is 0 Å². The third-order valence-corrected chi connectivity index (χ3v) is 6.26. The minimum Gasteiger partial charge on any atom is -0.370 e. The van der Waals surface area contributed by atoms with Crippen LogP contribution in [-0.2, 0) is 6.18 Å². The van der Waals surface area contributed by atoms with Crippen molar-refractivity contribution >= 4 is 61.3 Å². The molecule has 2 N–H and O–H groups in total. The Morgan fingerprint density at radius 2 is 1.69 bits per heavy atom. The quantitative estimate of drug-likeness (QED) is 0.394. The Hall–Kier alpha value is -2.65. The normalized spacial score (nSPS) is 13.9. The highest BCUT2D eigenvalue weighted by Gasteiger charge is 2.32. The second-order valence-electron chi connectivity index (χ2n) is 7.47. The SMILES string of the molecule is O=C(NC(=S)Nc1cc(C(F)(F)F)ccc1N1CCCC1)c1cccc2c(Br)cccc12. The molecule has 0 unspecified atom stereocenters. The number of hydrogen-bond donors (Lipinski definition) is 2. The zero-order chi connectivity index (χ0) is 22.9. The number of rotatable bonds is 3. The van der Waals surface area contributed by atoms with Gasteiger partial charge in [0.25, 0.3) is 5.91 Å². The van der Waals surface area contributed by atoms with Gasteiger partial charge in [-0.2, -0.15) is 13.2 Å². The van der Waals surface area contributed by atoms with E-state index < -0.39 is 17.6 Å². The van der Waals surface area contributed by atoms with Crippen LogP contribution in [0.2, 0.25) is 0 Å². The van der Waals surface area contributed by atoms with Crippen molar-refractivity contribution in [2.75, 3.05) is 23.3 Å². The van der Waals surface area contributed by atoms with E-state index in [1.54, 1.807) is 12.1 Å². The van der Waals surface area contributed by atoms with E-state index in [1.807, 2.05) is 29.2 Å². The van der Waals surface area contributed by atoms with Crippen LogP contribution in [-0.4, -0.2) is 24.1 Å². The summed E-state index contributed by atoms with van der Waals surface area (Å²) in [6, 6.07) is 14.4. The minimum atomic E-state index is -4.48. The molecule has 0 spiro atoms. The molecule has 0 atom stereocenters. The molecule has 0 radical (unpaired) electrons. The summed E-state index contributed by atoms with van der Waals surface area (Å²) >= 11 is 8.75. The molecule has 1 aliphatic rings. The first-order valence-electron chi connectivity index (χ1n) is 10.00. The summed E-state index contributed by atoms with van der Waals surface area (Å²) in [5.74, 6) is -0.444. The number of benzene rings is 3. The maximum Gasteiger partial charge on any atom is 0.416 e. The second-order valence-corrected chi connectivity index (χ2v) is 8.74. The number of halogens is 4. The van der Waals surface area contributed by atoms with E-state index in [4.69, 9.17) is 12.2 Å². The van der Waals surface area contributed by atoms with Crippen molar-refractivity contribution in [3.63, 3.8) is 0 Å². The summed E-state index contributed by atoms with van der Waals surface area (Å²) in [6.45, 7) is 1.51. The van der Waals surface area contributed by atoms with Crippen molar-refractivity contribution in [3.05, 3.63) is 70.2 Å². The van der Waals surface area contributed by atoms with Crippen LogP contribution in [0.25, 0.3) is 10.8 Å². The maximum atomic E-state index is 13.3. The fourth-order valence-corrected chi connectivity index (χ4v) is 4.54. The van der Waals surface area contributed by atoms with Gasteiger partial charge in [0.1, 0.15) is 0 Å². The lowest BCUT2D eigenvalue weighted by molar-refractivity contribution is -0.137. The van der Waals surface area contributed by atoms with Gasteiger partial charge < -0.3 is 10.2 Å². The smallest absolute Gasteiger partial charge is 0.370 e. The van der Waals surface area contributed by atoms with Crippen LogP contribution in [0.1, 0.15) is 28.8 Å². The zero-order valence-corrected chi connectivity index (χ0v) is 19.2. The van der Waals surface area contributed by atoms with Gasteiger partial charge >= 0.3 is 6.18 Å². The molecular weight excluding hydrogens is 503 g/mol. The van der Waals surface area contributed by atoms with Crippen molar-refractivity contribution in [3.8, 4) is 0 Å². The molecule has 4 rings (SSSR count). The average Bonchev–Trinajstić information content (AvgIpc) is 3.27. The second kappa shape index (κ2) is 9.07. The molecular formula is C23H19BrF3N3OS. The molecule has 1 fully saturated rings. The predicted molar refractivity (Wildman–Crippen MR) is 128 cm³/mol. The van der Waals surface area contributed by atoms with Gasteiger partial charge in [-0.25, -0.2) is 0 Å². The van der Waals surface area contributed by atoms with Gasteiger partial charge in [-0.15, -0.1) is 0 Å². The number of carbonyl (C=O) groups is 1. The van der Waals surface area contributed by atoms with E-state index in [0.29, 0.717) is 11.3 Å². The molecule has 9 heteroatoms. The van der Waals surface area contributed by atoms with Crippen molar-refractivity contribution in [2.24, 2.45) is 0 Å². The number of carbonyl (C=O) groups excluding carboxylic acids is 1. The predicted octanol–water partition coefficient (Wildman–Crippen LogP) is 6.35. The summed E-state index contributed by atoms with van der Waals surface area (Å²) < 4.78 is 40.7. The Morgan fingerprint density at radius 1 is 1.00 bits per heavy atom. The zero-order valence-electron chi connectivity index (χ0n) is 16.8. The number of amides is 1. The van der Waals surface area contributed by atoms with E-state index in [1.165, 1.54) is 6.07 Å². The number of alkyl halides is 3. The van der Waals surface area contributed by atoms with Crippen LogP contribution in [0.3, 0.4) is 0 Å². The van der Waals surface area contributed by atoms with Gasteiger partial charge in [-0.05, 0) is 66.2 Å². The fraction of sp³-hybridized carbons (Fsp3) is 0.217. The number of thiocarbonyl (C=S) groups is 1. The third-order valence-electron chi connectivity index (χ3n) is 5.36. The number of nitrogens with zero attached hydrogens (tertiary/aromatic N) is 1. The summed E-state index contributed by atoms with van der Waals surface area (Å²) in [5.41, 5.74) is 0.474. The number of hydrogen-bond acceptors (Lipinski definition) is 3. The first kappa shape index (κ1) is 22.5. The summed E-state index contributed by atoms with van der Waals surface area (Å²) in [4.78, 5) is 14.9. The molecule has 3 aromatic rings. The molecule has 0 bridgehead atoms. The Morgan fingerprint density at radius 3 is 2.41 bits per heavy atom. The van der Waals surface area contributed by atoms with Gasteiger partial charge in [0.15, 0.2) is 5.11 Å². The summed E-state index contributed by atoms with van der Waals surface area (Å²) in [6.07, 6.45) is -2.54. The van der Waals surface area contributed by atoms with Crippen LogP contribution >= 0.6 is 28.1 Å². The molecule has 1 heterocycles.